The predicted octanol–water partition coefficient (Wildman–Crippen LogP) is 3.54. The van der Waals surface area contributed by atoms with E-state index in [0.717, 1.165) is 5.56 Å². The number of rotatable bonds is 5. The Kier molecular flexibility index (Phi) is 5.60. The summed E-state index contributed by atoms with van der Waals surface area (Å²) in [5.41, 5.74) is 1.82. The third kappa shape index (κ3) is 3.74. The van der Waals surface area contributed by atoms with Crippen molar-refractivity contribution in [3.63, 3.8) is 0 Å². The number of amides is 1. The van der Waals surface area contributed by atoms with Crippen LogP contribution < -0.4 is 4.74 Å². The van der Waals surface area contributed by atoms with Crippen LogP contribution in [0.15, 0.2) is 40.5 Å². The first-order valence-corrected chi connectivity index (χ1v) is 9.81. The first kappa shape index (κ1) is 19.5. The maximum absolute atomic E-state index is 12.9. The molecule has 27 heavy (non-hydrogen) atoms. The Bertz CT molecular complexity index is 814. The number of nitrogens with zero attached hydrogens (tertiary/aromatic N) is 2. The molecule has 3 rings (SSSR count). The molecule has 0 aromatic heterocycles. The van der Waals surface area contributed by atoms with Crippen LogP contribution in [0.5, 0.6) is 5.75 Å². The molecule has 2 aliphatic heterocycles. The van der Waals surface area contributed by atoms with Crippen molar-refractivity contribution in [2.75, 3.05) is 13.7 Å². The van der Waals surface area contributed by atoms with Crippen LogP contribution in [0, 0.1) is 5.92 Å². The predicted molar refractivity (Wildman–Crippen MR) is 106 cm³/mol. The summed E-state index contributed by atoms with van der Waals surface area (Å²) in [5.74, 6) is 0.452. The van der Waals surface area contributed by atoms with Gasteiger partial charge in [0.1, 0.15) is 5.75 Å². The van der Waals surface area contributed by atoms with Crippen LogP contribution in [0.4, 0.5) is 0 Å². The highest BCUT2D eigenvalue weighted by molar-refractivity contribution is 8.15. The maximum atomic E-state index is 12.9. The van der Waals surface area contributed by atoms with Crippen LogP contribution in [-0.2, 0) is 14.3 Å². The molecular formula is C20H24N2O4S. The molecule has 0 unspecified atom stereocenters. The lowest BCUT2D eigenvalue weighted by molar-refractivity contribution is -0.141. The Morgan fingerprint density at radius 3 is 2.56 bits per heavy atom. The van der Waals surface area contributed by atoms with Gasteiger partial charge in [0.2, 0.25) is 5.91 Å². The number of fused-ring (bicyclic) bond motifs is 1. The van der Waals surface area contributed by atoms with Crippen LogP contribution in [0.1, 0.15) is 39.3 Å². The third-order valence-electron chi connectivity index (χ3n) is 4.46. The van der Waals surface area contributed by atoms with Crippen LogP contribution in [0.2, 0.25) is 0 Å². The minimum atomic E-state index is -0.548. The van der Waals surface area contributed by atoms with Gasteiger partial charge in [-0.05, 0) is 37.5 Å². The first-order valence-electron chi connectivity index (χ1n) is 8.93. The molecule has 144 valence electrons. The van der Waals surface area contributed by atoms with E-state index < -0.39 is 12.0 Å². The summed E-state index contributed by atoms with van der Waals surface area (Å²) in [4.78, 5) is 31.8. The molecule has 0 spiro atoms. The third-order valence-corrected chi connectivity index (χ3v) is 5.51. The summed E-state index contributed by atoms with van der Waals surface area (Å²) >= 11 is 1.41. The van der Waals surface area contributed by atoms with E-state index in [4.69, 9.17) is 9.47 Å². The maximum Gasteiger partial charge on any atom is 0.338 e. The number of esters is 1. The normalized spacial score (nSPS) is 22.1. The average molecular weight is 388 g/mol. The lowest BCUT2D eigenvalue weighted by atomic mass is 9.94. The molecule has 0 N–H and O–H groups in total. The fourth-order valence-electron chi connectivity index (χ4n) is 3.09. The summed E-state index contributed by atoms with van der Waals surface area (Å²) in [6, 6.07) is 6.84. The number of carbonyl (C=O) groups is 2. The Labute approximate surface area is 163 Å². The van der Waals surface area contributed by atoms with E-state index in [9.17, 15) is 9.59 Å². The summed E-state index contributed by atoms with van der Waals surface area (Å²) in [6.07, 6.45) is 0. The molecule has 2 aliphatic rings. The van der Waals surface area contributed by atoms with Gasteiger partial charge < -0.3 is 9.47 Å². The van der Waals surface area contributed by atoms with Crippen molar-refractivity contribution < 1.29 is 19.1 Å². The summed E-state index contributed by atoms with van der Waals surface area (Å²) in [5, 5.41) is 0.398. The average Bonchev–Trinajstić information content (AvgIpc) is 2.92. The van der Waals surface area contributed by atoms with E-state index in [1.807, 2.05) is 45.0 Å². The van der Waals surface area contributed by atoms with Gasteiger partial charge in [0.05, 0.1) is 36.3 Å². The van der Waals surface area contributed by atoms with Gasteiger partial charge in [0, 0.05) is 0 Å². The van der Waals surface area contributed by atoms with E-state index in [1.165, 1.54) is 11.8 Å². The van der Waals surface area contributed by atoms with E-state index in [0.29, 0.717) is 28.8 Å². The lowest BCUT2D eigenvalue weighted by Crippen LogP contribution is -2.40. The van der Waals surface area contributed by atoms with Crippen LogP contribution >= 0.6 is 11.8 Å². The molecule has 1 aromatic carbocycles. The van der Waals surface area contributed by atoms with Crippen molar-refractivity contribution >= 4 is 28.8 Å². The number of hydrogen-bond acceptors (Lipinski definition) is 6. The first-order chi connectivity index (χ1) is 12.8. The van der Waals surface area contributed by atoms with E-state index >= 15 is 0 Å². The lowest BCUT2D eigenvalue weighted by Gasteiger charge is -2.33. The van der Waals surface area contributed by atoms with E-state index in [1.54, 1.807) is 18.9 Å². The topological polar surface area (TPSA) is 68.2 Å². The van der Waals surface area contributed by atoms with Crippen molar-refractivity contribution in [1.29, 1.82) is 0 Å². The number of benzene rings is 1. The highest BCUT2D eigenvalue weighted by atomic mass is 32.2. The highest BCUT2D eigenvalue weighted by Gasteiger charge is 2.46. The standard InChI is InChI=1S/C20H24N2O4S/c1-11(2)10-26-19(24)16-12(3)21-20-22(18(23)13(4)27-20)17(16)14-6-8-15(25-5)9-7-14/h6-9,11,13,17H,10H2,1-5H3/t13-,17-/m0/s1. The molecule has 6 nitrogen and oxygen atoms in total. The quantitative estimate of drug-likeness (QED) is 0.722. The molecule has 1 aromatic rings. The number of ether oxygens (including phenoxy) is 2. The molecular weight excluding hydrogens is 364 g/mol. The minimum Gasteiger partial charge on any atom is -0.497 e. The van der Waals surface area contributed by atoms with Crippen molar-refractivity contribution in [1.82, 2.24) is 4.90 Å². The van der Waals surface area contributed by atoms with Gasteiger partial charge in [0.25, 0.3) is 0 Å². The number of hydrogen-bond donors (Lipinski definition) is 0. The largest absolute Gasteiger partial charge is 0.497 e. The van der Waals surface area contributed by atoms with Gasteiger partial charge in [-0.2, -0.15) is 0 Å². The van der Waals surface area contributed by atoms with Gasteiger partial charge in [-0.25, -0.2) is 9.79 Å². The summed E-state index contributed by atoms with van der Waals surface area (Å²) < 4.78 is 10.7. The molecule has 0 bridgehead atoms. The van der Waals surface area contributed by atoms with Crippen molar-refractivity contribution in [3.8, 4) is 5.75 Å². The molecule has 0 saturated carbocycles. The van der Waals surface area contributed by atoms with Gasteiger partial charge in [-0.3, -0.25) is 9.69 Å². The zero-order chi connectivity index (χ0) is 19.7. The van der Waals surface area contributed by atoms with Crippen LogP contribution in [0.3, 0.4) is 0 Å². The zero-order valence-electron chi connectivity index (χ0n) is 16.2. The van der Waals surface area contributed by atoms with Gasteiger partial charge in [0.15, 0.2) is 5.17 Å². The van der Waals surface area contributed by atoms with Crippen molar-refractivity contribution in [2.45, 2.75) is 39.0 Å². The number of allylic oxidation sites excluding steroid dienone is 1. The van der Waals surface area contributed by atoms with Crippen molar-refractivity contribution in [3.05, 3.63) is 41.1 Å². The summed E-state index contributed by atoms with van der Waals surface area (Å²) in [6.45, 7) is 7.93. The number of thioether (sulfide) groups is 1. The molecule has 7 heteroatoms. The zero-order valence-corrected chi connectivity index (χ0v) is 17.0. The molecule has 1 saturated heterocycles. The van der Waals surface area contributed by atoms with E-state index in [-0.39, 0.29) is 17.1 Å². The highest BCUT2D eigenvalue weighted by Crippen LogP contribution is 2.43. The fraction of sp³-hybridized carbons (Fsp3) is 0.450. The summed E-state index contributed by atoms with van der Waals surface area (Å²) in [7, 11) is 1.60. The SMILES string of the molecule is COc1ccc([C@H]2C(C(=O)OCC(C)C)=C(C)N=C3S[C@@H](C)C(=O)N32)cc1. The molecule has 2 atom stereocenters. The van der Waals surface area contributed by atoms with E-state index in [2.05, 4.69) is 4.99 Å². The molecule has 0 radical (unpaired) electrons. The van der Waals surface area contributed by atoms with Crippen molar-refractivity contribution in [2.24, 2.45) is 10.9 Å². The monoisotopic (exact) mass is 388 g/mol. The number of carbonyl (C=O) groups excluding carboxylic acids is 2. The Hall–Kier alpha value is -2.28. The molecule has 1 fully saturated rings. The van der Waals surface area contributed by atoms with Gasteiger partial charge in [-0.1, -0.05) is 37.7 Å². The molecule has 1 amide bonds. The number of methoxy groups -OCH3 is 1. The van der Waals surface area contributed by atoms with Crippen LogP contribution in [0.25, 0.3) is 0 Å². The Balaban J connectivity index is 2.05. The molecule has 0 aliphatic carbocycles. The second-order valence-corrected chi connectivity index (χ2v) is 8.34. The second kappa shape index (κ2) is 7.76. The number of amidine groups is 1. The Morgan fingerprint density at radius 1 is 1.30 bits per heavy atom. The van der Waals surface area contributed by atoms with Gasteiger partial charge >= 0.3 is 5.97 Å². The van der Waals surface area contributed by atoms with Gasteiger partial charge in [-0.15, -0.1) is 0 Å². The molecule has 2 heterocycles. The Morgan fingerprint density at radius 2 is 1.96 bits per heavy atom. The minimum absolute atomic E-state index is 0.0544. The number of aliphatic imine (C=N–C) groups is 1. The second-order valence-electron chi connectivity index (χ2n) is 7.03. The smallest absolute Gasteiger partial charge is 0.338 e. The fourth-order valence-corrected chi connectivity index (χ4v) is 4.11. The van der Waals surface area contributed by atoms with Crippen LogP contribution in [-0.4, -0.2) is 40.9 Å².